The number of anilines is 1. The lowest BCUT2D eigenvalue weighted by molar-refractivity contribution is 0.0472. The molecule has 0 N–H and O–H groups in total. The van der Waals surface area contributed by atoms with Crippen LogP contribution < -0.4 is 14.4 Å². The van der Waals surface area contributed by atoms with Crippen molar-refractivity contribution >= 4 is 23.5 Å². The third-order valence-electron chi connectivity index (χ3n) is 5.29. The molecule has 2 amide bonds. The maximum Gasteiger partial charge on any atom is 0.338 e. The van der Waals surface area contributed by atoms with E-state index in [1.807, 2.05) is 19.1 Å². The molecule has 0 spiro atoms. The summed E-state index contributed by atoms with van der Waals surface area (Å²) in [5.41, 5.74) is 2.73. The van der Waals surface area contributed by atoms with Gasteiger partial charge in [-0.3, -0.25) is 9.59 Å². The molecule has 0 saturated heterocycles. The first kappa shape index (κ1) is 18.9. The largest absolute Gasteiger partial charge is 0.457 e. The van der Waals surface area contributed by atoms with Crippen LogP contribution in [0.15, 0.2) is 60.7 Å². The molecule has 0 fully saturated rings. The number of para-hydroxylation sites is 1. The SMILES string of the molecule is Cc1ccccc1N1C(=O)c2ccc(C(=O)OCc3ccc4c(c3)OCO4)cc2C1=O. The van der Waals surface area contributed by atoms with Crippen molar-refractivity contribution in [1.82, 2.24) is 0 Å². The summed E-state index contributed by atoms with van der Waals surface area (Å²) in [5.74, 6) is -0.203. The number of fused-ring (bicyclic) bond motifs is 2. The van der Waals surface area contributed by atoms with E-state index in [0.29, 0.717) is 17.2 Å². The van der Waals surface area contributed by atoms with Crippen molar-refractivity contribution in [2.75, 3.05) is 11.7 Å². The van der Waals surface area contributed by atoms with Crippen LogP contribution >= 0.6 is 0 Å². The minimum Gasteiger partial charge on any atom is -0.457 e. The van der Waals surface area contributed by atoms with Crippen molar-refractivity contribution in [3.8, 4) is 11.5 Å². The van der Waals surface area contributed by atoms with Gasteiger partial charge in [0, 0.05) is 0 Å². The van der Waals surface area contributed by atoms with Crippen LogP contribution in [0.4, 0.5) is 5.69 Å². The molecule has 0 aliphatic carbocycles. The Hall–Kier alpha value is -4.13. The Bertz CT molecular complexity index is 1250. The van der Waals surface area contributed by atoms with Crippen molar-refractivity contribution in [2.24, 2.45) is 0 Å². The van der Waals surface area contributed by atoms with Crippen molar-refractivity contribution in [3.63, 3.8) is 0 Å². The highest BCUT2D eigenvalue weighted by atomic mass is 16.7. The molecule has 0 bridgehead atoms. The second-order valence-electron chi connectivity index (χ2n) is 7.26. The van der Waals surface area contributed by atoms with Crippen LogP contribution in [0.5, 0.6) is 11.5 Å². The molecule has 0 saturated carbocycles. The Morgan fingerprint density at radius 2 is 1.71 bits per heavy atom. The van der Waals surface area contributed by atoms with E-state index in [4.69, 9.17) is 14.2 Å². The monoisotopic (exact) mass is 415 g/mol. The van der Waals surface area contributed by atoms with E-state index in [2.05, 4.69) is 0 Å². The quantitative estimate of drug-likeness (QED) is 0.475. The number of aryl methyl sites for hydroxylation is 1. The highest BCUT2D eigenvalue weighted by Gasteiger charge is 2.37. The summed E-state index contributed by atoms with van der Waals surface area (Å²) in [6.07, 6.45) is 0. The van der Waals surface area contributed by atoms with Gasteiger partial charge in [-0.15, -0.1) is 0 Å². The van der Waals surface area contributed by atoms with E-state index in [1.54, 1.807) is 30.3 Å². The van der Waals surface area contributed by atoms with Gasteiger partial charge in [-0.2, -0.15) is 0 Å². The van der Waals surface area contributed by atoms with E-state index < -0.39 is 17.8 Å². The Morgan fingerprint density at radius 1 is 0.935 bits per heavy atom. The van der Waals surface area contributed by atoms with Gasteiger partial charge in [-0.25, -0.2) is 9.69 Å². The van der Waals surface area contributed by atoms with Crippen LogP contribution in [0.3, 0.4) is 0 Å². The zero-order valence-corrected chi connectivity index (χ0v) is 16.6. The van der Waals surface area contributed by atoms with Crippen molar-refractivity contribution in [3.05, 3.63) is 88.5 Å². The third kappa shape index (κ3) is 3.20. The molecule has 2 heterocycles. The average Bonchev–Trinajstić information content (AvgIpc) is 3.35. The molecule has 5 rings (SSSR count). The van der Waals surface area contributed by atoms with Gasteiger partial charge in [0.1, 0.15) is 6.61 Å². The molecule has 2 aliphatic rings. The minimum atomic E-state index is -0.588. The number of rotatable bonds is 4. The number of benzene rings is 3. The average molecular weight is 415 g/mol. The number of hydrogen-bond donors (Lipinski definition) is 0. The van der Waals surface area contributed by atoms with E-state index in [0.717, 1.165) is 16.0 Å². The molecule has 7 nitrogen and oxygen atoms in total. The normalized spacial score (nSPS) is 14.0. The molecule has 0 aromatic heterocycles. The van der Waals surface area contributed by atoms with Crippen LogP contribution in [0, 0.1) is 6.92 Å². The predicted molar refractivity (Wildman–Crippen MR) is 110 cm³/mol. The summed E-state index contributed by atoms with van der Waals surface area (Å²) < 4.78 is 16.0. The number of amides is 2. The standard InChI is InChI=1S/C24H17NO6/c1-14-4-2-3-5-19(14)25-22(26)17-8-7-16(11-18(17)23(25)27)24(28)29-12-15-6-9-20-21(10-15)31-13-30-20/h2-11H,12-13H2,1H3. The van der Waals surface area contributed by atoms with Gasteiger partial charge in [0.2, 0.25) is 6.79 Å². The lowest BCUT2D eigenvalue weighted by Gasteiger charge is -2.16. The Labute approximate surface area is 177 Å². The molecule has 154 valence electrons. The maximum absolute atomic E-state index is 12.9. The smallest absolute Gasteiger partial charge is 0.338 e. The number of nitrogens with zero attached hydrogens (tertiary/aromatic N) is 1. The molecule has 31 heavy (non-hydrogen) atoms. The van der Waals surface area contributed by atoms with Crippen LogP contribution in [-0.4, -0.2) is 24.6 Å². The van der Waals surface area contributed by atoms with Gasteiger partial charge in [-0.05, 0) is 54.4 Å². The van der Waals surface area contributed by atoms with Gasteiger partial charge >= 0.3 is 5.97 Å². The molecule has 0 unspecified atom stereocenters. The highest BCUT2D eigenvalue weighted by Crippen LogP contribution is 2.33. The molecular formula is C24H17NO6. The highest BCUT2D eigenvalue weighted by molar-refractivity contribution is 6.34. The second kappa shape index (κ2) is 7.28. The molecule has 0 atom stereocenters. The molecular weight excluding hydrogens is 398 g/mol. The van der Waals surface area contributed by atoms with Crippen molar-refractivity contribution in [2.45, 2.75) is 13.5 Å². The van der Waals surface area contributed by atoms with E-state index in [9.17, 15) is 14.4 Å². The van der Waals surface area contributed by atoms with Gasteiger partial charge in [0.25, 0.3) is 11.8 Å². The molecule has 7 heteroatoms. The van der Waals surface area contributed by atoms with Gasteiger partial charge in [-0.1, -0.05) is 24.3 Å². The Kier molecular flexibility index (Phi) is 4.43. The van der Waals surface area contributed by atoms with Crippen LogP contribution in [0.25, 0.3) is 0 Å². The first-order valence-corrected chi connectivity index (χ1v) is 9.67. The number of carbonyl (C=O) groups excluding carboxylic acids is 3. The first-order chi connectivity index (χ1) is 15.0. The van der Waals surface area contributed by atoms with Crippen LogP contribution in [0.1, 0.15) is 42.2 Å². The first-order valence-electron chi connectivity index (χ1n) is 9.67. The Balaban J connectivity index is 1.35. The zero-order valence-electron chi connectivity index (χ0n) is 16.6. The van der Waals surface area contributed by atoms with E-state index in [-0.39, 0.29) is 30.1 Å². The summed E-state index contributed by atoms with van der Waals surface area (Å²) in [5, 5.41) is 0. The van der Waals surface area contributed by atoms with Gasteiger partial charge in [0.05, 0.1) is 22.4 Å². The number of imide groups is 1. The molecule has 2 aliphatic heterocycles. The lowest BCUT2D eigenvalue weighted by atomic mass is 10.1. The van der Waals surface area contributed by atoms with E-state index >= 15 is 0 Å². The maximum atomic E-state index is 12.9. The third-order valence-corrected chi connectivity index (χ3v) is 5.29. The fraction of sp³-hybridized carbons (Fsp3) is 0.125. The predicted octanol–water partition coefficient (Wildman–Crippen LogP) is 3.88. The number of ether oxygens (including phenoxy) is 3. The van der Waals surface area contributed by atoms with Gasteiger partial charge < -0.3 is 14.2 Å². The van der Waals surface area contributed by atoms with Crippen LogP contribution in [-0.2, 0) is 11.3 Å². The number of hydrogen-bond acceptors (Lipinski definition) is 6. The number of carbonyl (C=O) groups is 3. The minimum absolute atomic E-state index is 0.0365. The molecule has 3 aromatic rings. The lowest BCUT2D eigenvalue weighted by Crippen LogP contribution is -2.29. The van der Waals surface area contributed by atoms with Crippen LogP contribution in [0.2, 0.25) is 0 Å². The molecule has 3 aromatic carbocycles. The summed E-state index contributed by atoms with van der Waals surface area (Å²) in [7, 11) is 0. The molecule has 0 radical (unpaired) electrons. The second-order valence-corrected chi connectivity index (χ2v) is 7.26. The zero-order chi connectivity index (χ0) is 21.5. The summed E-state index contributed by atoms with van der Waals surface area (Å²) in [6.45, 7) is 2.03. The summed E-state index contributed by atoms with van der Waals surface area (Å²) >= 11 is 0. The topological polar surface area (TPSA) is 82.1 Å². The van der Waals surface area contributed by atoms with Crippen molar-refractivity contribution in [1.29, 1.82) is 0 Å². The summed E-state index contributed by atoms with van der Waals surface area (Å²) in [6, 6.07) is 16.8. The summed E-state index contributed by atoms with van der Waals surface area (Å²) in [4.78, 5) is 39.5. The van der Waals surface area contributed by atoms with E-state index in [1.165, 1.54) is 18.2 Å². The van der Waals surface area contributed by atoms with Gasteiger partial charge in [0.15, 0.2) is 11.5 Å². The number of esters is 1. The van der Waals surface area contributed by atoms with Crippen molar-refractivity contribution < 1.29 is 28.6 Å². The Morgan fingerprint density at radius 3 is 2.55 bits per heavy atom. The fourth-order valence-electron chi connectivity index (χ4n) is 3.66. The fourth-order valence-corrected chi connectivity index (χ4v) is 3.66.